The third kappa shape index (κ3) is 2.95. The molecule has 158 valence electrons. The maximum absolute atomic E-state index is 12.8. The van der Waals surface area contributed by atoms with Crippen molar-refractivity contribution in [2.24, 2.45) is 0 Å². The molecular weight excluding hydrogens is 438 g/mol. The number of anilines is 1. The van der Waals surface area contributed by atoms with Crippen LogP contribution in [0, 0.1) is 0 Å². The fourth-order valence-corrected chi connectivity index (χ4v) is 8.77. The lowest BCUT2D eigenvalue weighted by Gasteiger charge is -2.51. The number of likely N-dealkylation sites (N-methyl/N-ethyl adjacent to an activating group) is 1. The van der Waals surface area contributed by atoms with Gasteiger partial charge in [0, 0.05) is 28.3 Å². The lowest BCUT2D eigenvalue weighted by atomic mass is 9.84. The molecule has 8 heteroatoms. The number of carbonyl (C=O) groups excluding carboxylic acids is 2. The van der Waals surface area contributed by atoms with Crippen molar-refractivity contribution in [1.82, 2.24) is 0 Å². The first-order valence-corrected chi connectivity index (χ1v) is 12.1. The number of nitrogens with zero attached hydrogens (tertiary/aromatic N) is 1. The fourth-order valence-electron chi connectivity index (χ4n) is 4.25. The number of hydrogen-bond acceptors (Lipinski definition) is 8. The number of esters is 2. The van der Waals surface area contributed by atoms with Crippen LogP contribution < -0.4 is 4.90 Å². The summed E-state index contributed by atoms with van der Waals surface area (Å²) in [6.07, 6.45) is 0. The van der Waals surface area contributed by atoms with E-state index >= 15 is 0 Å². The summed E-state index contributed by atoms with van der Waals surface area (Å²) in [5, 5.41) is 3.69. The Morgan fingerprint density at radius 2 is 1.77 bits per heavy atom. The molecule has 3 aliphatic rings. The number of fused-ring (bicyclic) bond motifs is 3. The number of thioether (sulfide) groups is 3. The van der Waals surface area contributed by atoms with Gasteiger partial charge in [0.2, 0.25) is 0 Å². The predicted octanol–water partition coefficient (Wildman–Crippen LogP) is 5.01. The van der Waals surface area contributed by atoms with Crippen LogP contribution >= 0.6 is 35.3 Å². The van der Waals surface area contributed by atoms with E-state index in [-0.39, 0.29) is 11.5 Å². The molecule has 1 aromatic carbocycles. The zero-order valence-electron chi connectivity index (χ0n) is 17.5. The monoisotopic (exact) mass is 461 g/mol. The van der Waals surface area contributed by atoms with Crippen molar-refractivity contribution >= 4 is 58.5 Å². The van der Waals surface area contributed by atoms with E-state index in [4.69, 9.17) is 9.47 Å². The smallest absolute Gasteiger partial charge is 0.344 e. The van der Waals surface area contributed by atoms with Crippen LogP contribution in [0.1, 0.15) is 26.3 Å². The molecule has 0 unspecified atom stereocenters. The van der Waals surface area contributed by atoms with E-state index in [1.165, 1.54) is 42.6 Å². The van der Waals surface area contributed by atoms with E-state index in [0.29, 0.717) is 10.5 Å². The zero-order chi connectivity index (χ0) is 21.7. The molecule has 1 aromatic rings. The molecule has 0 N–H and O–H groups in total. The SMILES string of the molecule is CCN1c2ccccc2C2=C(SC=C(C(=O)OC)[C@]23SC=C(C(=O)OC)S3)C1(C)C. The minimum Gasteiger partial charge on any atom is -0.466 e. The van der Waals surface area contributed by atoms with Crippen molar-refractivity contribution in [2.45, 2.75) is 30.4 Å². The molecule has 0 saturated heterocycles. The lowest BCUT2D eigenvalue weighted by molar-refractivity contribution is -0.136. The van der Waals surface area contributed by atoms with Gasteiger partial charge in [-0.3, -0.25) is 0 Å². The molecule has 1 spiro atoms. The Kier molecular flexibility index (Phi) is 5.53. The number of ether oxygens (including phenoxy) is 2. The standard InChI is InChI=1S/C22H23NO4S3/c1-6-23-15-10-8-7-9-13(15)17-18(21(23,2)3)28-11-14(19(24)26-4)22(17)29-12-16(30-22)20(25)27-5/h7-12H,6H2,1-5H3/t22-/m1/s1. The highest BCUT2D eigenvalue weighted by Gasteiger charge is 2.55. The number of rotatable bonds is 3. The first-order chi connectivity index (χ1) is 14.3. The van der Waals surface area contributed by atoms with Gasteiger partial charge in [-0.2, -0.15) is 0 Å². The molecule has 1 atom stereocenters. The second kappa shape index (κ2) is 7.73. The second-order valence-electron chi connectivity index (χ2n) is 7.48. The van der Waals surface area contributed by atoms with Crippen molar-refractivity contribution < 1.29 is 19.1 Å². The first-order valence-electron chi connectivity index (χ1n) is 9.55. The highest BCUT2D eigenvalue weighted by atomic mass is 32.2. The molecule has 0 fully saturated rings. The van der Waals surface area contributed by atoms with Crippen LogP contribution in [0.25, 0.3) is 5.57 Å². The second-order valence-corrected chi connectivity index (χ2v) is 11.0. The normalized spacial score (nSPS) is 24.1. The number of methoxy groups -OCH3 is 2. The van der Waals surface area contributed by atoms with E-state index in [2.05, 4.69) is 37.8 Å². The minimum atomic E-state index is -0.801. The molecule has 30 heavy (non-hydrogen) atoms. The Balaban J connectivity index is 1.97. The molecule has 3 aliphatic heterocycles. The Labute approximate surface area is 189 Å². The highest BCUT2D eigenvalue weighted by molar-refractivity contribution is 8.25. The number of carbonyl (C=O) groups is 2. The largest absolute Gasteiger partial charge is 0.466 e. The summed E-state index contributed by atoms with van der Waals surface area (Å²) in [6.45, 7) is 7.42. The van der Waals surface area contributed by atoms with Crippen molar-refractivity contribution in [3.8, 4) is 0 Å². The average Bonchev–Trinajstić information content (AvgIpc) is 3.18. The fraction of sp³-hybridized carbons (Fsp3) is 0.364. The van der Waals surface area contributed by atoms with Crippen LogP contribution in [0.3, 0.4) is 0 Å². The Bertz CT molecular complexity index is 1030. The molecule has 0 aromatic heterocycles. The van der Waals surface area contributed by atoms with Crippen LogP contribution in [-0.4, -0.2) is 42.3 Å². The number of para-hydroxylation sites is 1. The molecule has 0 aliphatic carbocycles. The molecule has 5 nitrogen and oxygen atoms in total. The van der Waals surface area contributed by atoms with Gasteiger partial charge in [0.05, 0.1) is 25.3 Å². The maximum Gasteiger partial charge on any atom is 0.344 e. The van der Waals surface area contributed by atoms with Crippen LogP contribution in [0.5, 0.6) is 0 Å². The number of hydrogen-bond donors (Lipinski definition) is 0. The Morgan fingerprint density at radius 1 is 1.07 bits per heavy atom. The molecule has 0 amide bonds. The van der Waals surface area contributed by atoms with Crippen LogP contribution in [0.2, 0.25) is 0 Å². The third-order valence-electron chi connectivity index (χ3n) is 5.59. The Hall–Kier alpha value is -1.77. The van der Waals surface area contributed by atoms with Gasteiger partial charge < -0.3 is 14.4 Å². The molecule has 4 rings (SSSR count). The highest BCUT2D eigenvalue weighted by Crippen LogP contribution is 2.67. The van der Waals surface area contributed by atoms with Crippen molar-refractivity contribution in [2.75, 3.05) is 25.7 Å². The summed E-state index contributed by atoms with van der Waals surface area (Å²) in [7, 11) is 2.76. The number of benzene rings is 1. The molecular formula is C22H23NO4S3. The first kappa shape index (κ1) is 21.5. The van der Waals surface area contributed by atoms with E-state index in [1.807, 2.05) is 17.5 Å². The summed E-state index contributed by atoms with van der Waals surface area (Å²) in [4.78, 5) is 29.2. The van der Waals surface area contributed by atoms with Crippen LogP contribution in [0.15, 0.2) is 50.5 Å². The summed E-state index contributed by atoms with van der Waals surface area (Å²) >= 11 is 4.41. The molecule has 0 radical (unpaired) electrons. The maximum atomic E-state index is 12.8. The lowest BCUT2D eigenvalue weighted by Crippen LogP contribution is -2.50. The molecule has 3 heterocycles. The van der Waals surface area contributed by atoms with E-state index in [1.54, 1.807) is 17.2 Å². The van der Waals surface area contributed by atoms with E-state index < -0.39 is 10.0 Å². The van der Waals surface area contributed by atoms with Gasteiger partial charge in [-0.25, -0.2) is 9.59 Å². The van der Waals surface area contributed by atoms with Gasteiger partial charge in [0.25, 0.3) is 0 Å². The quantitative estimate of drug-likeness (QED) is 0.582. The van der Waals surface area contributed by atoms with Crippen molar-refractivity contribution in [3.05, 3.63) is 56.0 Å². The zero-order valence-corrected chi connectivity index (χ0v) is 19.9. The minimum absolute atomic E-state index is 0.274. The topological polar surface area (TPSA) is 55.8 Å². The van der Waals surface area contributed by atoms with E-state index in [9.17, 15) is 9.59 Å². The van der Waals surface area contributed by atoms with Crippen molar-refractivity contribution in [3.63, 3.8) is 0 Å². The van der Waals surface area contributed by atoms with Gasteiger partial charge in [0.1, 0.15) is 8.98 Å². The van der Waals surface area contributed by atoms with E-state index in [0.717, 1.165) is 23.4 Å². The van der Waals surface area contributed by atoms with Gasteiger partial charge in [0.15, 0.2) is 0 Å². The summed E-state index contributed by atoms with van der Waals surface area (Å²) in [6, 6.07) is 8.28. The third-order valence-corrected chi connectivity index (χ3v) is 9.90. The summed E-state index contributed by atoms with van der Waals surface area (Å²) in [5.74, 6) is -0.783. The average molecular weight is 462 g/mol. The van der Waals surface area contributed by atoms with Gasteiger partial charge >= 0.3 is 11.9 Å². The predicted molar refractivity (Wildman–Crippen MR) is 126 cm³/mol. The molecule has 0 saturated carbocycles. The summed E-state index contributed by atoms with van der Waals surface area (Å²) < 4.78 is 9.30. The van der Waals surface area contributed by atoms with Crippen LogP contribution in [0.4, 0.5) is 5.69 Å². The van der Waals surface area contributed by atoms with Crippen molar-refractivity contribution in [1.29, 1.82) is 0 Å². The summed E-state index contributed by atoms with van der Waals surface area (Å²) in [5.41, 5.74) is 3.53. The Morgan fingerprint density at radius 3 is 2.43 bits per heavy atom. The van der Waals surface area contributed by atoms with Gasteiger partial charge in [-0.1, -0.05) is 41.7 Å². The molecule has 0 bridgehead atoms. The van der Waals surface area contributed by atoms with Gasteiger partial charge in [-0.15, -0.1) is 11.8 Å². The van der Waals surface area contributed by atoms with Crippen LogP contribution in [-0.2, 0) is 19.1 Å². The van der Waals surface area contributed by atoms with Gasteiger partial charge in [-0.05, 0) is 37.7 Å².